The lowest BCUT2D eigenvalue weighted by molar-refractivity contribution is 0.401. The van der Waals surface area contributed by atoms with Crippen molar-refractivity contribution in [2.45, 2.75) is 25.8 Å². The van der Waals surface area contributed by atoms with Crippen molar-refractivity contribution in [2.24, 2.45) is 0 Å². The zero-order chi connectivity index (χ0) is 13.2. The minimum Gasteiger partial charge on any atom is -0.493 e. The Morgan fingerprint density at radius 2 is 2.26 bits per heavy atom. The van der Waals surface area contributed by atoms with Gasteiger partial charge in [0.25, 0.3) is 0 Å². The lowest BCUT2D eigenvalue weighted by Gasteiger charge is -2.27. The van der Waals surface area contributed by atoms with Gasteiger partial charge in [0.1, 0.15) is 0 Å². The molecule has 1 unspecified atom stereocenters. The van der Waals surface area contributed by atoms with Crippen LogP contribution in [0.15, 0.2) is 30.5 Å². The van der Waals surface area contributed by atoms with E-state index >= 15 is 0 Å². The summed E-state index contributed by atoms with van der Waals surface area (Å²) in [7, 11) is 1.71. The fourth-order valence-corrected chi connectivity index (χ4v) is 2.83. The molecule has 1 atom stereocenters. The number of ether oxygens (including phenoxy) is 1. The molecule has 4 heteroatoms. The van der Waals surface area contributed by atoms with Crippen LogP contribution in [0.2, 0.25) is 0 Å². The van der Waals surface area contributed by atoms with Crippen molar-refractivity contribution in [3.63, 3.8) is 0 Å². The number of aromatic nitrogens is 2. The molecule has 3 rings (SSSR count). The quantitative estimate of drug-likeness (QED) is 0.918. The van der Waals surface area contributed by atoms with Crippen LogP contribution in [0.3, 0.4) is 0 Å². The lowest BCUT2D eigenvalue weighted by Crippen LogP contribution is -2.24. The number of anilines is 1. The van der Waals surface area contributed by atoms with Crippen molar-refractivity contribution < 1.29 is 4.74 Å². The molecule has 1 N–H and O–H groups in total. The van der Waals surface area contributed by atoms with Gasteiger partial charge in [0, 0.05) is 24.7 Å². The summed E-state index contributed by atoms with van der Waals surface area (Å²) in [6.45, 7) is 3.91. The van der Waals surface area contributed by atoms with E-state index in [1.54, 1.807) is 7.11 Å². The van der Waals surface area contributed by atoms with E-state index in [9.17, 15) is 0 Å². The Bertz CT molecular complexity index is 555. The number of para-hydroxylation sites is 1. The third kappa shape index (κ3) is 2.07. The summed E-state index contributed by atoms with van der Waals surface area (Å²) in [6, 6.07) is 8.49. The van der Waals surface area contributed by atoms with E-state index in [4.69, 9.17) is 4.74 Å². The molecule has 0 bridgehead atoms. The van der Waals surface area contributed by atoms with E-state index < -0.39 is 0 Å². The van der Waals surface area contributed by atoms with Crippen LogP contribution in [0.1, 0.15) is 24.1 Å². The molecule has 0 aliphatic carbocycles. The molecule has 4 nitrogen and oxygen atoms in total. The number of hydrogen-bond donors (Lipinski definition) is 1. The SMILES string of the molecule is CCn1ncc(OC)c1C1CNc2ccccc2C1. The average molecular weight is 257 g/mol. The minimum absolute atomic E-state index is 0.410. The summed E-state index contributed by atoms with van der Waals surface area (Å²) >= 11 is 0. The van der Waals surface area contributed by atoms with Crippen LogP contribution in [-0.2, 0) is 13.0 Å². The van der Waals surface area contributed by atoms with Gasteiger partial charge in [-0.15, -0.1) is 0 Å². The van der Waals surface area contributed by atoms with Crippen LogP contribution in [0.5, 0.6) is 5.75 Å². The molecule has 1 aromatic carbocycles. The fourth-order valence-electron chi connectivity index (χ4n) is 2.83. The van der Waals surface area contributed by atoms with Crippen LogP contribution < -0.4 is 10.1 Å². The number of benzene rings is 1. The molecule has 0 saturated carbocycles. The maximum absolute atomic E-state index is 5.46. The number of fused-ring (bicyclic) bond motifs is 1. The van der Waals surface area contributed by atoms with Gasteiger partial charge in [-0.1, -0.05) is 18.2 Å². The van der Waals surface area contributed by atoms with Crippen molar-refractivity contribution in [2.75, 3.05) is 19.0 Å². The highest BCUT2D eigenvalue weighted by Gasteiger charge is 2.25. The number of nitrogens with one attached hydrogen (secondary N) is 1. The van der Waals surface area contributed by atoms with Crippen LogP contribution in [0, 0.1) is 0 Å². The van der Waals surface area contributed by atoms with Gasteiger partial charge in [-0.25, -0.2) is 0 Å². The maximum Gasteiger partial charge on any atom is 0.160 e. The predicted octanol–water partition coefficient (Wildman–Crippen LogP) is 2.66. The lowest BCUT2D eigenvalue weighted by atomic mass is 9.91. The summed E-state index contributed by atoms with van der Waals surface area (Å²) in [6.07, 6.45) is 2.85. The third-order valence-electron chi connectivity index (χ3n) is 3.77. The fraction of sp³-hybridized carbons (Fsp3) is 0.400. The Balaban J connectivity index is 1.94. The number of rotatable bonds is 3. The molecular formula is C15H19N3O. The van der Waals surface area contributed by atoms with E-state index in [1.165, 1.54) is 16.9 Å². The highest BCUT2D eigenvalue weighted by molar-refractivity contribution is 5.54. The highest BCUT2D eigenvalue weighted by atomic mass is 16.5. The van der Waals surface area contributed by atoms with Gasteiger partial charge in [0.15, 0.2) is 5.75 Å². The largest absolute Gasteiger partial charge is 0.493 e. The van der Waals surface area contributed by atoms with E-state index in [2.05, 4.69) is 41.6 Å². The number of methoxy groups -OCH3 is 1. The van der Waals surface area contributed by atoms with Gasteiger partial charge < -0.3 is 10.1 Å². The second-order valence-corrected chi connectivity index (χ2v) is 4.85. The van der Waals surface area contributed by atoms with Crippen molar-refractivity contribution in [3.05, 3.63) is 41.7 Å². The van der Waals surface area contributed by atoms with Gasteiger partial charge in [-0.3, -0.25) is 4.68 Å². The van der Waals surface area contributed by atoms with Crippen LogP contribution >= 0.6 is 0 Å². The molecular weight excluding hydrogens is 238 g/mol. The number of nitrogens with zero attached hydrogens (tertiary/aromatic N) is 2. The van der Waals surface area contributed by atoms with Gasteiger partial charge in [0.05, 0.1) is 19.0 Å². The summed E-state index contributed by atoms with van der Waals surface area (Å²) in [5.74, 6) is 1.31. The maximum atomic E-state index is 5.46. The van der Waals surface area contributed by atoms with Crippen molar-refractivity contribution in [1.29, 1.82) is 0 Å². The second-order valence-electron chi connectivity index (χ2n) is 4.85. The molecule has 0 saturated heterocycles. The Morgan fingerprint density at radius 3 is 3.05 bits per heavy atom. The predicted molar refractivity (Wildman–Crippen MR) is 75.8 cm³/mol. The Hall–Kier alpha value is -1.97. The van der Waals surface area contributed by atoms with Crippen molar-refractivity contribution in [1.82, 2.24) is 9.78 Å². The first-order valence-electron chi connectivity index (χ1n) is 6.75. The topological polar surface area (TPSA) is 39.1 Å². The molecule has 0 amide bonds. The zero-order valence-electron chi connectivity index (χ0n) is 11.4. The summed E-state index contributed by atoms with van der Waals surface area (Å²) < 4.78 is 7.50. The first kappa shape index (κ1) is 12.1. The third-order valence-corrected chi connectivity index (χ3v) is 3.77. The first-order valence-corrected chi connectivity index (χ1v) is 6.75. The van der Waals surface area contributed by atoms with Gasteiger partial charge in [-0.05, 0) is 25.0 Å². The Labute approximate surface area is 113 Å². The molecule has 19 heavy (non-hydrogen) atoms. The summed E-state index contributed by atoms with van der Waals surface area (Å²) in [5.41, 5.74) is 3.82. The number of aryl methyl sites for hydroxylation is 1. The second kappa shape index (κ2) is 4.96. The van der Waals surface area contributed by atoms with E-state index in [-0.39, 0.29) is 0 Å². The van der Waals surface area contributed by atoms with Crippen LogP contribution in [-0.4, -0.2) is 23.4 Å². The summed E-state index contributed by atoms with van der Waals surface area (Å²) in [4.78, 5) is 0. The summed E-state index contributed by atoms with van der Waals surface area (Å²) in [5, 5.41) is 7.91. The molecule has 1 aliphatic rings. The molecule has 2 heterocycles. The smallest absolute Gasteiger partial charge is 0.160 e. The molecule has 0 spiro atoms. The van der Waals surface area contributed by atoms with Gasteiger partial charge in [-0.2, -0.15) is 5.10 Å². The van der Waals surface area contributed by atoms with E-state index in [0.717, 1.165) is 25.3 Å². The average Bonchev–Trinajstić information content (AvgIpc) is 2.89. The van der Waals surface area contributed by atoms with Crippen LogP contribution in [0.4, 0.5) is 5.69 Å². The Morgan fingerprint density at radius 1 is 1.42 bits per heavy atom. The normalized spacial score (nSPS) is 17.7. The molecule has 1 aromatic heterocycles. The molecule has 100 valence electrons. The van der Waals surface area contributed by atoms with Gasteiger partial charge in [0.2, 0.25) is 0 Å². The van der Waals surface area contributed by atoms with Crippen molar-refractivity contribution in [3.8, 4) is 5.75 Å². The highest BCUT2D eigenvalue weighted by Crippen LogP contribution is 2.34. The first-order chi connectivity index (χ1) is 9.33. The van der Waals surface area contributed by atoms with Crippen molar-refractivity contribution >= 4 is 5.69 Å². The molecule has 2 aromatic rings. The monoisotopic (exact) mass is 257 g/mol. The van der Waals surface area contributed by atoms with Gasteiger partial charge >= 0.3 is 0 Å². The molecule has 1 aliphatic heterocycles. The molecule has 0 radical (unpaired) electrons. The Kier molecular flexibility index (Phi) is 3.15. The zero-order valence-corrected chi connectivity index (χ0v) is 11.4. The standard InChI is InChI=1S/C15H19N3O/c1-3-18-15(14(19-2)10-17-18)12-8-11-6-4-5-7-13(11)16-9-12/h4-7,10,12,16H,3,8-9H2,1-2H3. The molecule has 0 fully saturated rings. The van der Waals surface area contributed by atoms with E-state index in [1.807, 2.05) is 10.9 Å². The minimum atomic E-state index is 0.410. The number of hydrogen-bond acceptors (Lipinski definition) is 3. The van der Waals surface area contributed by atoms with E-state index in [0.29, 0.717) is 5.92 Å². The van der Waals surface area contributed by atoms with Crippen LogP contribution in [0.25, 0.3) is 0 Å².